The Kier molecular flexibility index (Phi) is 6.61. The molecule has 0 saturated heterocycles. The van der Waals surface area contributed by atoms with E-state index in [4.69, 9.17) is 0 Å². The summed E-state index contributed by atoms with van der Waals surface area (Å²) in [4.78, 5) is 26.8. The van der Waals surface area contributed by atoms with Crippen molar-refractivity contribution < 1.29 is 37.0 Å². The number of pyridine rings is 1. The van der Waals surface area contributed by atoms with Crippen molar-refractivity contribution in [2.24, 2.45) is 4.36 Å². The quantitative estimate of drug-likeness (QED) is 0.552. The van der Waals surface area contributed by atoms with Crippen LogP contribution in [0.15, 0.2) is 40.9 Å². The van der Waals surface area contributed by atoms with Crippen LogP contribution in [0.5, 0.6) is 0 Å². The molecule has 0 aliphatic carbocycles. The second-order valence-corrected chi connectivity index (χ2v) is 8.82. The van der Waals surface area contributed by atoms with Gasteiger partial charge in [0, 0.05) is 23.6 Å². The van der Waals surface area contributed by atoms with Crippen molar-refractivity contribution in [1.29, 1.82) is 0 Å². The van der Waals surface area contributed by atoms with Gasteiger partial charge in [-0.15, -0.1) is 0 Å². The van der Waals surface area contributed by atoms with E-state index >= 15 is 0 Å². The fraction of sp³-hybridized carbons (Fsp3) is 0.235. The Morgan fingerprint density at radius 2 is 1.93 bits per heavy atom. The summed E-state index contributed by atoms with van der Waals surface area (Å²) in [5.74, 6) is -0.925. The molecule has 29 heavy (non-hydrogen) atoms. The second-order valence-electron chi connectivity index (χ2n) is 6.21. The Morgan fingerprint density at radius 1 is 1.28 bits per heavy atom. The van der Waals surface area contributed by atoms with Crippen LogP contribution in [-0.2, 0) is 15.9 Å². The van der Waals surface area contributed by atoms with Crippen LogP contribution in [0, 0.1) is 0 Å². The number of nitrogens with zero attached hydrogens (tertiary/aromatic N) is 2. The smallest absolute Gasteiger partial charge is 0.423 e. The lowest BCUT2D eigenvalue weighted by Gasteiger charge is -2.15. The first-order valence-electron chi connectivity index (χ1n) is 8.10. The van der Waals surface area contributed by atoms with Gasteiger partial charge in [0.1, 0.15) is 12.0 Å². The predicted molar refractivity (Wildman–Crippen MR) is 100 cm³/mol. The van der Waals surface area contributed by atoms with Gasteiger partial charge in [0.05, 0.1) is 15.0 Å². The summed E-state index contributed by atoms with van der Waals surface area (Å²) in [6, 6.07) is 5.28. The molecule has 2 aromatic rings. The zero-order chi connectivity index (χ0) is 22.0. The first-order valence-corrected chi connectivity index (χ1v) is 10.1. The molecule has 0 bridgehead atoms. The van der Waals surface area contributed by atoms with Crippen LogP contribution < -0.4 is 5.46 Å². The molecule has 0 saturated carbocycles. The monoisotopic (exact) mass is 428 g/mol. The number of aromatic nitrogens is 1. The summed E-state index contributed by atoms with van der Waals surface area (Å²) < 4.78 is 54.4. The highest BCUT2D eigenvalue weighted by molar-refractivity contribution is 7.93. The topological polar surface area (TPSA) is 117 Å². The molecule has 0 aliphatic rings. The minimum atomic E-state index is -4.61. The largest absolute Gasteiger partial charge is 0.489 e. The van der Waals surface area contributed by atoms with E-state index in [-0.39, 0.29) is 22.2 Å². The van der Waals surface area contributed by atoms with Crippen molar-refractivity contribution in [3.05, 3.63) is 58.9 Å². The van der Waals surface area contributed by atoms with Crippen molar-refractivity contribution in [3.63, 3.8) is 0 Å². The molecular formula is C17H16BF3N2O5S. The first kappa shape index (κ1) is 22.7. The number of hydrogen-bond acceptors (Lipinski definition) is 6. The van der Waals surface area contributed by atoms with Gasteiger partial charge in [0.25, 0.3) is 5.91 Å². The molecule has 0 radical (unpaired) electrons. The van der Waals surface area contributed by atoms with Gasteiger partial charge < -0.3 is 10.0 Å². The van der Waals surface area contributed by atoms with Crippen LogP contribution in [0.25, 0.3) is 0 Å². The standard InChI is InChI=1S/C17H16BF3N2O5S/c1-10(12-4-6-15(22-8-12)17(19,20)21)29(2,28)23-16(25)11-3-5-14(18(26)27)13(7-11)9-24/h3-10,26-27H,1-2H3. The van der Waals surface area contributed by atoms with Gasteiger partial charge in [0.15, 0.2) is 0 Å². The van der Waals surface area contributed by atoms with Gasteiger partial charge >= 0.3 is 13.3 Å². The zero-order valence-electron chi connectivity index (χ0n) is 15.3. The van der Waals surface area contributed by atoms with Crippen LogP contribution in [-0.4, -0.2) is 44.8 Å². The molecule has 1 amide bonds. The lowest BCUT2D eigenvalue weighted by atomic mass is 9.77. The first-order chi connectivity index (χ1) is 13.4. The minimum Gasteiger partial charge on any atom is -0.423 e. The summed E-state index contributed by atoms with van der Waals surface area (Å²) >= 11 is 0. The molecule has 2 N–H and O–H groups in total. The number of hydrogen-bond donors (Lipinski definition) is 2. The molecular weight excluding hydrogens is 412 g/mol. The normalized spacial score (nSPS) is 14.6. The van der Waals surface area contributed by atoms with E-state index in [2.05, 4.69) is 9.35 Å². The number of carbonyl (C=O) groups is 2. The van der Waals surface area contributed by atoms with Crippen molar-refractivity contribution >= 4 is 34.5 Å². The fourth-order valence-corrected chi connectivity index (χ4v) is 3.64. The summed E-state index contributed by atoms with van der Waals surface area (Å²) in [7, 11) is -5.16. The van der Waals surface area contributed by atoms with E-state index in [0.29, 0.717) is 6.29 Å². The molecule has 154 valence electrons. The zero-order valence-corrected chi connectivity index (χ0v) is 16.1. The molecule has 7 nitrogen and oxygen atoms in total. The molecule has 12 heteroatoms. The number of carbonyl (C=O) groups excluding carboxylic acids is 2. The lowest BCUT2D eigenvalue weighted by Crippen LogP contribution is -2.33. The average molecular weight is 428 g/mol. The second kappa shape index (κ2) is 8.43. The third kappa shape index (κ3) is 5.28. The van der Waals surface area contributed by atoms with Crippen molar-refractivity contribution in [3.8, 4) is 0 Å². The van der Waals surface area contributed by atoms with Gasteiger partial charge in [-0.25, -0.2) is 4.21 Å². The van der Waals surface area contributed by atoms with E-state index in [9.17, 15) is 37.0 Å². The Bertz CT molecular complexity index is 1050. The highest BCUT2D eigenvalue weighted by Gasteiger charge is 2.32. The molecule has 1 heterocycles. The van der Waals surface area contributed by atoms with E-state index in [1.807, 2.05) is 0 Å². The highest BCUT2D eigenvalue weighted by atomic mass is 32.2. The highest BCUT2D eigenvalue weighted by Crippen LogP contribution is 2.29. The predicted octanol–water partition coefficient (Wildman–Crippen LogP) is 1.59. The van der Waals surface area contributed by atoms with Gasteiger partial charge in [-0.3, -0.25) is 14.6 Å². The summed E-state index contributed by atoms with van der Waals surface area (Å²) in [6.45, 7) is 1.44. The van der Waals surface area contributed by atoms with Crippen molar-refractivity contribution in [1.82, 2.24) is 4.98 Å². The van der Waals surface area contributed by atoms with Crippen LogP contribution in [0.2, 0.25) is 0 Å². The molecule has 1 aromatic carbocycles. The molecule has 0 fully saturated rings. The van der Waals surface area contributed by atoms with Crippen LogP contribution in [0.1, 0.15) is 44.1 Å². The van der Waals surface area contributed by atoms with Crippen molar-refractivity contribution in [2.45, 2.75) is 18.3 Å². The maximum atomic E-state index is 12.9. The van der Waals surface area contributed by atoms with Gasteiger partial charge in [-0.05, 0) is 36.1 Å². The van der Waals surface area contributed by atoms with Crippen LogP contribution in [0.4, 0.5) is 13.2 Å². The van der Waals surface area contributed by atoms with E-state index in [1.54, 1.807) is 0 Å². The maximum Gasteiger partial charge on any atom is 0.489 e. The number of halogens is 3. The Morgan fingerprint density at radius 3 is 2.41 bits per heavy atom. The average Bonchev–Trinajstić information content (AvgIpc) is 2.65. The fourth-order valence-electron chi connectivity index (χ4n) is 2.41. The summed E-state index contributed by atoms with van der Waals surface area (Å²) in [5, 5.41) is 17.5. The number of aldehydes is 1. The lowest BCUT2D eigenvalue weighted by molar-refractivity contribution is -0.141. The van der Waals surface area contributed by atoms with Gasteiger partial charge in [0.2, 0.25) is 0 Å². The number of amides is 1. The van der Waals surface area contributed by atoms with E-state index in [0.717, 1.165) is 30.5 Å². The molecule has 2 rings (SSSR count). The molecule has 1 aromatic heterocycles. The molecule has 0 aliphatic heterocycles. The maximum absolute atomic E-state index is 12.9. The summed E-state index contributed by atoms with van der Waals surface area (Å²) in [5.41, 5.74) is -1.27. The van der Waals surface area contributed by atoms with E-state index in [1.165, 1.54) is 19.2 Å². The minimum absolute atomic E-state index is 0.108. The van der Waals surface area contributed by atoms with Crippen molar-refractivity contribution in [2.75, 3.05) is 6.26 Å². The Balaban J connectivity index is 2.35. The molecule has 0 spiro atoms. The Hall–Kier alpha value is -2.57. The Labute approximate surface area is 164 Å². The number of benzene rings is 1. The SMILES string of the molecule is CC(c1ccc(C(F)(F)F)nc1)S(C)(=O)=NC(=O)c1ccc(B(O)O)c(C=O)c1. The number of alkyl halides is 3. The number of rotatable bonds is 5. The summed E-state index contributed by atoms with van der Waals surface area (Å²) in [6.07, 6.45) is -2.18. The third-order valence-electron chi connectivity index (χ3n) is 4.21. The third-order valence-corrected chi connectivity index (χ3v) is 6.32. The van der Waals surface area contributed by atoms with Gasteiger partial charge in [-0.1, -0.05) is 12.1 Å². The van der Waals surface area contributed by atoms with Crippen LogP contribution in [0.3, 0.4) is 0 Å². The molecule has 2 unspecified atom stereocenters. The van der Waals surface area contributed by atoms with Gasteiger partial charge in [-0.2, -0.15) is 17.5 Å². The van der Waals surface area contributed by atoms with E-state index < -0.39 is 39.9 Å². The molecule has 2 atom stereocenters. The van der Waals surface area contributed by atoms with Crippen LogP contribution >= 0.6 is 0 Å².